The zero-order valence-electron chi connectivity index (χ0n) is 22.5. The van der Waals surface area contributed by atoms with E-state index in [2.05, 4.69) is 139 Å². The molecule has 39 heavy (non-hydrogen) atoms. The van der Waals surface area contributed by atoms with Gasteiger partial charge in [0.15, 0.2) is 0 Å². The molecule has 0 bridgehead atoms. The maximum atomic E-state index is 4.73. The average Bonchev–Trinajstić information content (AvgIpc) is 3.00. The summed E-state index contributed by atoms with van der Waals surface area (Å²) in [6.45, 7) is 6.09. The summed E-state index contributed by atoms with van der Waals surface area (Å²) >= 11 is 0. The van der Waals surface area contributed by atoms with E-state index in [1.807, 2.05) is 13.8 Å². The minimum Gasteiger partial charge on any atom is -0.238 e. The SMILES string of the molecule is Cc1nc(C)c(C)c(-c2ccc(-c3cc(-c4ccccc4)cc(-c4ccc(-c5ccccc5)cc4)c3)cc2)n1. The molecule has 1 heterocycles. The second kappa shape index (κ2) is 10.5. The Labute approximate surface area is 230 Å². The van der Waals surface area contributed by atoms with Crippen molar-refractivity contribution in [3.8, 4) is 55.8 Å². The minimum absolute atomic E-state index is 0.802. The lowest BCUT2D eigenvalue weighted by atomic mass is 9.92. The summed E-state index contributed by atoms with van der Waals surface area (Å²) in [5.41, 5.74) is 13.9. The highest BCUT2D eigenvalue weighted by Gasteiger charge is 2.11. The van der Waals surface area contributed by atoms with Crippen molar-refractivity contribution >= 4 is 0 Å². The van der Waals surface area contributed by atoms with Crippen LogP contribution in [0.3, 0.4) is 0 Å². The summed E-state index contributed by atoms with van der Waals surface area (Å²) in [6, 6.07) is 45.6. The Hall–Kier alpha value is -4.82. The number of rotatable bonds is 5. The van der Waals surface area contributed by atoms with E-state index in [1.165, 1.54) is 44.5 Å². The van der Waals surface area contributed by atoms with Gasteiger partial charge in [-0.25, -0.2) is 9.97 Å². The number of aryl methyl sites for hydroxylation is 2. The molecule has 0 fully saturated rings. The zero-order valence-corrected chi connectivity index (χ0v) is 22.5. The van der Waals surface area contributed by atoms with E-state index in [1.54, 1.807) is 0 Å². The van der Waals surface area contributed by atoms with Crippen molar-refractivity contribution in [2.45, 2.75) is 20.8 Å². The largest absolute Gasteiger partial charge is 0.238 e. The van der Waals surface area contributed by atoms with E-state index in [4.69, 9.17) is 4.98 Å². The van der Waals surface area contributed by atoms with Crippen molar-refractivity contribution < 1.29 is 0 Å². The van der Waals surface area contributed by atoms with Crippen LogP contribution in [0.15, 0.2) is 127 Å². The topological polar surface area (TPSA) is 25.8 Å². The zero-order chi connectivity index (χ0) is 26.8. The number of nitrogens with zero attached hydrogens (tertiary/aromatic N) is 2. The van der Waals surface area contributed by atoms with Gasteiger partial charge in [0, 0.05) is 11.3 Å². The van der Waals surface area contributed by atoms with Gasteiger partial charge in [0.05, 0.1) is 5.69 Å². The van der Waals surface area contributed by atoms with Gasteiger partial charge >= 0.3 is 0 Å². The van der Waals surface area contributed by atoms with E-state index < -0.39 is 0 Å². The van der Waals surface area contributed by atoms with Crippen LogP contribution >= 0.6 is 0 Å². The van der Waals surface area contributed by atoms with Gasteiger partial charge < -0.3 is 0 Å². The van der Waals surface area contributed by atoms with Crippen LogP contribution in [0.5, 0.6) is 0 Å². The van der Waals surface area contributed by atoms with Crippen LogP contribution in [0, 0.1) is 20.8 Å². The van der Waals surface area contributed by atoms with Crippen LogP contribution in [0.1, 0.15) is 17.1 Å². The molecule has 5 aromatic carbocycles. The molecule has 6 rings (SSSR count). The maximum Gasteiger partial charge on any atom is 0.126 e. The van der Waals surface area contributed by atoms with Crippen LogP contribution < -0.4 is 0 Å². The molecular formula is C37H30N2. The Morgan fingerprint density at radius 1 is 0.359 bits per heavy atom. The Bertz CT molecular complexity index is 1740. The fourth-order valence-electron chi connectivity index (χ4n) is 5.11. The highest BCUT2D eigenvalue weighted by atomic mass is 14.9. The van der Waals surface area contributed by atoms with Gasteiger partial charge in [0.25, 0.3) is 0 Å². The third-order valence-electron chi connectivity index (χ3n) is 7.36. The molecule has 0 amide bonds. The van der Waals surface area contributed by atoms with Gasteiger partial charge in [0.2, 0.25) is 0 Å². The molecule has 0 atom stereocenters. The third kappa shape index (κ3) is 5.15. The smallest absolute Gasteiger partial charge is 0.126 e. The van der Waals surface area contributed by atoms with Crippen LogP contribution in [-0.4, -0.2) is 9.97 Å². The lowest BCUT2D eigenvalue weighted by Crippen LogP contribution is -1.98. The number of hydrogen-bond donors (Lipinski definition) is 0. The normalized spacial score (nSPS) is 10.9. The molecule has 0 radical (unpaired) electrons. The fourth-order valence-corrected chi connectivity index (χ4v) is 5.11. The second-order valence-electron chi connectivity index (χ2n) is 10.0. The summed E-state index contributed by atoms with van der Waals surface area (Å²) in [7, 11) is 0. The van der Waals surface area contributed by atoms with Crippen molar-refractivity contribution in [1.29, 1.82) is 0 Å². The molecular weight excluding hydrogens is 472 g/mol. The molecule has 1 aromatic heterocycles. The monoisotopic (exact) mass is 502 g/mol. The van der Waals surface area contributed by atoms with Crippen LogP contribution in [0.2, 0.25) is 0 Å². The van der Waals surface area contributed by atoms with Crippen molar-refractivity contribution in [2.24, 2.45) is 0 Å². The molecule has 2 nitrogen and oxygen atoms in total. The molecule has 0 saturated carbocycles. The van der Waals surface area contributed by atoms with Gasteiger partial charge in [-0.3, -0.25) is 0 Å². The predicted octanol–water partition coefficient (Wildman–Crippen LogP) is 9.74. The number of aromatic nitrogens is 2. The first kappa shape index (κ1) is 24.5. The van der Waals surface area contributed by atoms with Gasteiger partial charge in [-0.1, -0.05) is 109 Å². The quantitative estimate of drug-likeness (QED) is 0.234. The third-order valence-corrected chi connectivity index (χ3v) is 7.36. The maximum absolute atomic E-state index is 4.73. The highest BCUT2D eigenvalue weighted by molar-refractivity contribution is 5.82. The predicted molar refractivity (Wildman–Crippen MR) is 163 cm³/mol. The van der Waals surface area contributed by atoms with E-state index in [9.17, 15) is 0 Å². The van der Waals surface area contributed by atoms with E-state index in [0.29, 0.717) is 0 Å². The Kier molecular flexibility index (Phi) is 6.61. The lowest BCUT2D eigenvalue weighted by Gasteiger charge is -2.13. The average molecular weight is 503 g/mol. The van der Waals surface area contributed by atoms with Gasteiger partial charge in [-0.05, 0) is 89.0 Å². The van der Waals surface area contributed by atoms with Crippen molar-refractivity contribution in [3.05, 3.63) is 144 Å². The summed E-state index contributed by atoms with van der Waals surface area (Å²) in [5.74, 6) is 0.802. The first-order valence-corrected chi connectivity index (χ1v) is 13.3. The van der Waals surface area contributed by atoms with Gasteiger partial charge in [-0.15, -0.1) is 0 Å². The molecule has 0 N–H and O–H groups in total. The lowest BCUT2D eigenvalue weighted by molar-refractivity contribution is 0.992. The van der Waals surface area contributed by atoms with Crippen molar-refractivity contribution in [2.75, 3.05) is 0 Å². The van der Waals surface area contributed by atoms with Crippen LogP contribution in [0.4, 0.5) is 0 Å². The molecule has 0 unspecified atom stereocenters. The first-order valence-electron chi connectivity index (χ1n) is 13.3. The van der Waals surface area contributed by atoms with Crippen LogP contribution in [-0.2, 0) is 0 Å². The summed E-state index contributed by atoms with van der Waals surface area (Å²) in [5, 5.41) is 0. The standard InChI is InChI=1S/C37H30N2/c1-25-26(2)38-27(3)39-37(25)33-20-18-32(19-21-33)36-23-34(29-12-8-5-9-13-29)22-35(24-36)31-16-14-30(15-17-31)28-10-6-4-7-11-28/h4-24H,1-3H3. The fraction of sp³-hybridized carbons (Fsp3) is 0.0811. The molecule has 0 saturated heterocycles. The Balaban J connectivity index is 1.41. The molecule has 0 aliphatic rings. The van der Waals surface area contributed by atoms with E-state index in [0.717, 1.165) is 28.3 Å². The molecule has 0 spiro atoms. The summed E-state index contributed by atoms with van der Waals surface area (Å²) in [4.78, 5) is 9.24. The molecule has 188 valence electrons. The van der Waals surface area contributed by atoms with E-state index >= 15 is 0 Å². The van der Waals surface area contributed by atoms with Crippen molar-refractivity contribution in [1.82, 2.24) is 9.97 Å². The number of hydrogen-bond acceptors (Lipinski definition) is 2. The van der Waals surface area contributed by atoms with Crippen LogP contribution in [0.25, 0.3) is 55.8 Å². The van der Waals surface area contributed by atoms with Gasteiger partial charge in [0.1, 0.15) is 5.82 Å². The molecule has 0 aliphatic carbocycles. The highest BCUT2D eigenvalue weighted by Crippen LogP contribution is 2.35. The van der Waals surface area contributed by atoms with E-state index in [-0.39, 0.29) is 0 Å². The molecule has 6 aromatic rings. The second-order valence-corrected chi connectivity index (χ2v) is 10.0. The summed E-state index contributed by atoms with van der Waals surface area (Å²) in [6.07, 6.45) is 0. The Morgan fingerprint density at radius 2 is 0.718 bits per heavy atom. The van der Waals surface area contributed by atoms with Crippen molar-refractivity contribution in [3.63, 3.8) is 0 Å². The summed E-state index contributed by atoms with van der Waals surface area (Å²) < 4.78 is 0. The number of benzene rings is 5. The Morgan fingerprint density at radius 3 is 1.18 bits per heavy atom. The molecule has 0 aliphatic heterocycles. The van der Waals surface area contributed by atoms with Gasteiger partial charge in [-0.2, -0.15) is 0 Å². The minimum atomic E-state index is 0.802. The molecule has 2 heteroatoms. The first-order chi connectivity index (χ1) is 19.0.